The van der Waals surface area contributed by atoms with E-state index in [1.54, 1.807) is 37.4 Å². The summed E-state index contributed by atoms with van der Waals surface area (Å²) in [7, 11) is 0.0953. The molecule has 2 aromatic carbocycles. The zero-order chi connectivity index (χ0) is 22.2. The first kappa shape index (κ1) is 21.5. The molecule has 0 radical (unpaired) electrons. The highest BCUT2D eigenvalue weighted by Gasteiger charge is 2.42. The highest BCUT2D eigenvalue weighted by Crippen LogP contribution is 2.35. The molecular weight excluding hydrogens is 438 g/mol. The number of nitrogens with one attached hydrogen (secondary N) is 2. The summed E-state index contributed by atoms with van der Waals surface area (Å²) in [5.74, 6) is 1.09. The summed E-state index contributed by atoms with van der Waals surface area (Å²) < 4.78 is 34.0. The molecule has 2 aliphatic heterocycles. The van der Waals surface area contributed by atoms with Gasteiger partial charge in [0.2, 0.25) is 0 Å². The third kappa shape index (κ3) is 4.64. The second-order valence-electron chi connectivity index (χ2n) is 7.41. The number of nitrogens with zero attached hydrogens (tertiary/aromatic N) is 1. The second-order valence-corrected chi connectivity index (χ2v) is 10.8. The minimum atomic E-state index is -2.99. The van der Waals surface area contributed by atoms with Crippen LogP contribution < -0.4 is 20.1 Å². The first-order valence-electron chi connectivity index (χ1n) is 9.64. The number of amidine groups is 1. The average Bonchev–Trinajstić information content (AvgIpc) is 3.21. The smallest absolute Gasteiger partial charge is 0.255 e. The molecule has 1 saturated heterocycles. The van der Waals surface area contributed by atoms with Crippen molar-refractivity contribution in [3.63, 3.8) is 0 Å². The van der Waals surface area contributed by atoms with Gasteiger partial charge in [0, 0.05) is 28.3 Å². The molecule has 2 heterocycles. The molecule has 1 amide bonds. The van der Waals surface area contributed by atoms with Crippen molar-refractivity contribution in [2.24, 2.45) is 4.99 Å². The Bertz CT molecular complexity index is 1160. The predicted molar refractivity (Wildman–Crippen MR) is 124 cm³/mol. The number of benzene rings is 2. The van der Waals surface area contributed by atoms with E-state index in [0.717, 1.165) is 11.3 Å². The quantitative estimate of drug-likeness (QED) is 0.705. The number of hydrogen-bond acceptors (Lipinski definition) is 8. The number of methoxy groups -OCH3 is 2. The fraction of sp³-hybridized carbons (Fsp3) is 0.333. The Kier molecular flexibility index (Phi) is 5.85. The number of rotatable bonds is 5. The Morgan fingerprint density at radius 1 is 1.10 bits per heavy atom. The Morgan fingerprint density at radius 2 is 1.87 bits per heavy atom. The lowest BCUT2D eigenvalue weighted by atomic mass is 10.1. The Balaban J connectivity index is 1.48. The third-order valence-electron chi connectivity index (χ3n) is 5.20. The van der Waals surface area contributed by atoms with E-state index in [-0.39, 0.29) is 28.7 Å². The standard InChI is InChI=1S/C21H23N3O5S2/c1-12-4-5-13(20(25)22-14-6-7-17(28-2)18(9-14)29-3)8-15(12)23-21-24-16-10-31(26,27)11-19(16)30-21/h4-9,16,19H,10-11H2,1-3H3,(H,22,25)(H,23,24)/t16-,19-/m1/s1. The lowest BCUT2D eigenvalue weighted by molar-refractivity contribution is 0.102. The van der Waals surface area contributed by atoms with Crippen LogP contribution in [0.15, 0.2) is 41.4 Å². The van der Waals surface area contributed by atoms with Crippen molar-refractivity contribution in [1.29, 1.82) is 0 Å². The topological polar surface area (TPSA) is 106 Å². The monoisotopic (exact) mass is 461 g/mol. The molecular formula is C21H23N3O5S2. The summed E-state index contributed by atoms with van der Waals surface area (Å²) in [5.41, 5.74) is 2.78. The van der Waals surface area contributed by atoms with Crippen molar-refractivity contribution in [2.45, 2.75) is 18.2 Å². The van der Waals surface area contributed by atoms with E-state index >= 15 is 0 Å². The van der Waals surface area contributed by atoms with Crippen LogP contribution in [0.5, 0.6) is 11.5 Å². The molecule has 8 nitrogen and oxygen atoms in total. The van der Waals surface area contributed by atoms with Crippen LogP contribution in [0.2, 0.25) is 0 Å². The third-order valence-corrected chi connectivity index (χ3v) is 8.34. The van der Waals surface area contributed by atoms with E-state index in [2.05, 4.69) is 15.6 Å². The maximum atomic E-state index is 12.8. The number of ether oxygens (including phenoxy) is 2. The number of hydrogen-bond donors (Lipinski definition) is 2. The largest absolute Gasteiger partial charge is 0.493 e. The van der Waals surface area contributed by atoms with Crippen molar-refractivity contribution >= 4 is 44.0 Å². The molecule has 1 fully saturated rings. The zero-order valence-corrected chi connectivity index (χ0v) is 19.0. The lowest BCUT2D eigenvalue weighted by Gasteiger charge is -2.13. The van der Waals surface area contributed by atoms with Gasteiger partial charge in [-0.15, -0.1) is 0 Å². The summed E-state index contributed by atoms with van der Waals surface area (Å²) >= 11 is 1.44. The molecule has 2 aromatic rings. The van der Waals surface area contributed by atoms with Gasteiger partial charge in [0.1, 0.15) is 0 Å². The fourth-order valence-corrected chi connectivity index (χ4v) is 7.21. The number of carbonyl (C=O) groups excluding carboxylic acids is 1. The van der Waals surface area contributed by atoms with Crippen LogP contribution in [0.3, 0.4) is 0 Å². The Morgan fingerprint density at radius 3 is 2.58 bits per heavy atom. The molecule has 4 rings (SSSR count). The van der Waals surface area contributed by atoms with Gasteiger partial charge in [-0.3, -0.25) is 9.79 Å². The van der Waals surface area contributed by atoms with Crippen molar-refractivity contribution in [1.82, 2.24) is 0 Å². The number of aryl methyl sites for hydroxylation is 1. The number of amides is 1. The van der Waals surface area contributed by atoms with Gasteiger partial charge in [-0.25, -0.2) is 8.42 Å². The molecule has 0 spiro atoms. The number of carbonyl (C=O) groups is 1. The van der Waals surface area contributed by atoms with Gasteiger partial charge in [-0.2, -0.15) is 0 Å². The van der Waals surface area contributed by atoms with E-state index in [1.165, 1.54) is 18.9 Å². The maximum Gasteiger partial charge on any atom is 0.255 e. The van der Waals surface area contributed by atoms with Gasteiger partial charge in [-0.1, -0.05) is 17.8 Å². The Labute approximate surface area is 185 Å². The first-order chi connectivity index (χ1) is 14.8. The molecule has 0 aliphatic carbocycles. The summed E-state index contributed by atoms with van der Waals surface area (Å²) in [5, 5.41) is 6.77. The number of aliphatic imine (C=N–C) groups is 1. The molecule has 31 heavy (non-hydrogen) atoms. The van der Waals surface area contributed by atoms with Gasteiger partial charge in [0.25, 0.3) is 5.91 Å². The fourth-order valence-electron chi connectivity index (χ4n) is 3.55. The molecule has 2 N–H and O–H groups in total. The molecule has 0 aromatic heterocycles. The molecule has 10 heteroatoms. The molecule has 164 valence electrons. The highest BCUT2D eigenvalue weighted by molar-refractivity contribution is 8.15. The SMILES string of the molecule is COc1ccc(NC(=O)c2ccc(C)c(NC3=N[C@@H]4CS(=O)(=O)C[C@H]4S3)c2)cc1OC. The molecule has 0 bridgehead atoms. The van der Waals surface area contributed by atoms with E-state index in [4.69, 9.17) is 9.47 Å². The lowest BCUT2D eigenvalue weighted by Crippen LogP contribution is -2.14. The molecule has 2 aliphatic rings. The van der Waals surface area contributed by atoms with Crippen LogP contribution in [-0.2, 0) is 9.84 Å². The normalized spacial score (nSPS) is 21.2. The van der Waals surface area contributed by atoms with Crippen molar-refractivity contribution in [2.75, 3.05) is 36.4 Å². The highest BCUT2D eigenvalue weighted by atomic mass is 32.2. The van der Waals surface area contributed by atoms with E-state index in [0.29, 0.717) is 27.9 Å². The van der Waals surface area contributed by atoms with Crippen LogP contribution in [-0.4, -0.2) is 56.5 Å². The number of fused-ring (bicyclic) bond motifs is 1. The summed E-state index contributed by atoms with van der Waals surface area (Å²) in [4.78, 5) is 17.3. The van der Waals surface area contributed by atoms with Crippen molar-refractivity contribution in [3.05, 3.63) is 47.5 Å². The first-order valence-corrected chi connectivity index (χ1v) is 12.3. The molecule has 2 atom stereocenters. The molecule has 0 unspecified atom stereocenters. The van der Waals surface area contributed by atoms with Gasteiger partial charge in [0.15, 0.2) is 26.5 Å². The summed E-state index contributed by atoms with van der Waals surface area (Å²) in [6, 6.07) is 10.3. The van der Waals surface area contributed by atoms with Gasteiger partial charge in [0.05, 0.1) is 31.8 Å². The van der Waals surface area contributed by atoms with Gasteiger partial charge in [-0.05, 0) is 36.8 Å². The minimum absolute atomic E-state index is 0.0376. The number of thioether (sulfide) groups is 1. The second kappa shape index (κ2) is 8.43. The van der Waals surface area contributed by atoms with Crippen LogP contribution in [0.4, 0.5) is 11.4 Å². The average molecular weight is 462 g/mol. The molecule has 0 saturated carbocycles. The van der Waals surface area contributed by atoms with E-state index in [9.17, 15) is 13.2 Å². The Hall–Kier alpha value is -2.72. The number of sulfone groups is 1. The zero-order valence-electron chi connectivity index (χ0n) is 17.3. The van der Waals surface area contributed by atoms with E-state index < -0.39 is 9.84 Å². The van der Waals surface area contributed by atoms with Crippen molar-refractivity contribution < 1.29 is 22.7 Å². The van der Waals surface area contributed by atoms with Crippen LogP contribution in [0.1, 0.15) is 15.9 Å². The van der Waals surface area contributed by atoms with Crippen LogP contribution in [0.25, 0.3) is 0 Å². The maximum absolute atomic E-state index is 12.8. The van der Waals surface area contributed by atoms with Crippen LogP contribution in [0, 0.1) is 6.92 Å². The van der Waals surface area contributed by atoms with Crippen molar-refractivity contribution in [3.8, 4) is 11.5 Å². The van der Waals surface area contributed by atoms with Gasteiger partial charge >= 0.3 is 0 Å². The summed E-state index contributed by atoms with van der Waals surface area (Å²) in [6.45, 7) is 1.93. The van der Waals surface area contributed by atoms with Crippen LogP contribution >= 0.6 is 11.8 Å². The minimum Gasteiger partial charge on any atom is -0.493 e. The number of anilines is 2. The van der Waals surface area contributed by atoms with Gasteiger partial charge < -0.3 is 20.1 Å². The van der Waals surface area contributed by atoms with E-state index in [1.807, 2.05) is 13.0 Å². The predicted octanol–water partition coefficient (Wildman–Crippen LogP) is 2.94. The summed E-state index contributed by atoms with van der Waals surface area (Å²) in [6.07, 6.45) is 0.